The predicted octanol–water partition coefficient (Wildman–Crippen LogP) is 2.69. The lowest BCUT2D eigenvalue weighted by Crippen LogP contribution is -2.05. The van der Waals surface area contributed by atoms with Gasteiger partial charge in [0.1, 0.15) is 0 Å². The van der Waals surface area contributed by atoms with Crippen LogP contribution in [0.2, 0.25) is 0 Å². The summed E-state index contributed by atoms with van der Waals surface area (Å²) < 4.78 is 0. The number of aryl methyl sites for hydroxylation is 1. The molecule has 0 amide bonds. The SMILES string of the molecule is Cc1ccc(C(c2ccccc2)c2nn[nH]n2)cc1. The third-order valence-corrected chi connectivity index (χ3v) is 3.16. The smallest absolute Gasteiger partial charge is 0.177 e. The van der Waals surface area contributed by atoms with Gasteiger partial charge in [0.15, 0.2) is 5.82 Å². The van der Waals surface area contributed by atoms with Crippen molar-refractivity contribution < 1.29 is 0 Å². The lowest BCUT2D eigenvalue weighted by molar-refractivity contribution is 0.861. The Hall–Kier alpha value is -2.49. The summed E-state index contributed by atoms with van der Waals surface area (Å²) in [5.41, 5.74) is 3.56. The van der Waals surface area contributed by atoms with Crippen LogP contribution in [0.15, 0.2) is 54.6 Å². The molecule has 4 nitrogen and oxygen atoms in total. The van der Waals surface area contributed by atoms with E-state index in [0.717, 1.165) is 5.56 Å². The lowest BCUT2D eigenvalue weighted by Gasteiger charge is -2.14. The van der Waals surface area contributed by atoms with E-state index in [1.54, 1.807) is 0 Å². The van der Waals surface area contributed by atoms with Crippen LogP contribution in [0.5, 0.6) is 0 Å². The Kier molecular flexibility index (Phi) is 3.06. The maximum atomic E-state index is 4.14. The van der Waals surface area contributed by atoms with Gasteiger partial charge in [-0.3, -0.25) is 0 Å². The molecule has 0 radical (unpaired) electrons. The molecule has 4 heteroatoms. The van der Waals surface area contributed by atoms with E-state index in [1.807, 2.05) is 18.2 Å². The first-order valence-electron chi connectivity index (χ1n) is 6.19. The van der Waals surface area contributed by atoms with Crippen LogP contribution in [0, 0.1) is 6.92 Å². The van der Waals surface area contributed by atoms with E-state index in [9.17, 15) is 0 Å². The minimum atomic E-state index is 0.0144. The summed E-state index contributed by atoms with van der Waals surface area (Å²) in [6, 6.07) is 18.7. The fraction of sp³-hybridized carbons (Fsp3) is 0.133. The van der Waals surface area contributed by atoms with E-state index in [2.05, 4.69) is 63.9 Å². The highest BCUT2D eigenvalue weighted by molar-refractivity contribution is 5.38. The molecule has 1 N–H and O–H groups in total. The summed E-state index contributed by atoms with van der Waals surface area (Å²) in [7, 11) is 0. The van der Waals surface area contributed by atoms with E-state index in [1.165, 1.54) is 11.1 Å². The molecule has 0 aliphatic carbocycles. The van der Waals surface area contributed by atoms with Crippen LogP contribution in [-0.4, -0.2) is 20.6 Å². The maximum absolute atomic E-state index is 4.14. The highest BCUT2D eigenvalue weighted by Crippen LogP contribution is 2.29. The quantitative estimate of drug-likeness (QED) is 0.777. The second-order valence-corrected chi connectivity index (χ2v) is 4.52. The zero-order chi connectivity index (χ0) is 13.1. The fourth-order valence-electron chi connectivity index (χ4n) is 2.19. The molecule has 0 saturated heterocycles. The first kappa shape index (κ1) is 11.6. The monoisotopic (exact) mass is 250 g/mol. The highest BCUT2D eigenvalue weighted by atomic mass is 15.5. The van der Waals surface area contributed by atoms with Gasteiger partial charge in [-0.25, -0.2) is 0 Å². The van der Waals surface area contributed by atoms with Gasteiger partial charge in [-0.2, -0.15) is 5.21 Å². The summed E-state index contributed by atoms with van der Waals surface area (Å²) in [4.78, 5) is 0. The van der Waals surface area contributed by atoms with Gasteiger partial charge in [-0.15, -0.1) is 10.2 Å². The van der Waals surface area contributed by atoms with Crippen LogP contribution < -0.4 is 0 Å². The normalized spacial score (nSPS) is 12.3. The van der Waals surface area contributed by atoms with Gasteiger partial charge in [0.05, 0.1) is 5.92 Å². The van der Waals surface area contributed by atoms with Crippen molar-refractivity contribution in [2.24, 2.45) is 0 Å². The Morgan fingerprint density at radius 1 is 0.895 bits per heavy atom. The van der Waals surface area contributed by atoms with Gasteiger partial charge >= 0.3 is 0 Å². The molecule has 3 rings (SSSR count). The van der Waals surface area contributed by atoms with Crippen LogP contribution >= 0.6 is 0 Å². The molecule has 0 spiro atoms. The minimum Gasteiger partial charge on any atom is -0.177 e. The Balaban J connectivity index is 2.10. The Morgan fingerprint density at radius 3 is 2.21 bits per heavy atom. The van der Waals surface area contributed by atoms with Crippen LogP contribution in [0.1, 0.15) is 28.4 Å². The van der Waals surface area contributed by atoms with Gasteiger partial charge in [0.25, 0.3) is 0 Å². The van der Waals surface area contributed by atoms with Crippen LogP contribution in [0.25, 0.3) is 0 Å². The summed E-state index contributed by atoms with van der Waals surface area (Å²) in [5.74, 6) is 0.704. The van der Waals surface area contributed by atoms with Gasteiger partial charge in [-0.05, 0) is 18.1 Å². The maximum Gasteiger partial charge on any atom is 0.186 e. The molecule has 1 atom stereocenters. The third kappa shape index (κ3) is 2.38. The molecule has 0 aliphatic rings. The van der Waals surface area contributed by atoms with E-state index in [-0.39, 0.29) is 5.92 Å². The number of aromatic nitrogens is 4. The van der Waals surface area contributed by atoms with Crippen molar-refractivity contribution in [3.8, 4) is 0 Å². The molecule has 1 unspecified atom stereocenters. The summed E-state index contributed by atoms with van der Waals surface area (Å²) >= 11 is 0. The van der Waals surface area contributed by atoms with E-state index >= 15 is 0 Å². The standard InChI is InChI=1S/C15H14N4/c1-11-7-9-13(10-8-11)14(15-16-18-19-17-15)12-5-3-2-4-6-12/h2-10,14H,1H3,(H,16,17,18,19). The van der Waals surface area contributed by atoms with Gasteiger partial charge in [0.2, 0.25) is 0 Å². The van der Waals surface area contributed by atoms with Crippen LogP contribution in [0.4, 0.5) is 0 Å². The zero-order valence-corrected chi connectivity index (χ0v) is 10.6. The molecular weight excluding hydrogens is 236 g/mol. The van der Waals surface area contributed by atoms with E-state index in [4.69, 9.17) is 0 Å². The van der Waals surface area contributed by atoms with E-state index < -0.39 is 0 Å². The number of hydrogen-bond donors (Lipinski definition) is 1. The largest absolute Gasteiger partial charge is 0.186 e. The fourth-order valence-corrected chi connectivity index (χ4v) is 2.19. The molecular formula is C15H14N4. The van der Waals surface area contributed by atoms with Gasteiger partial charge in [0, 0.05) is 0 Å². The third-order valence-electron chi connectivity index (χ3n) is 3.16. The molecule has 3 aromatic rings. The molecule has 1 heterocycles. The molecule has 2 aromatic carbocycles. The number of aromatic amines is 1. The van der Waals surface area contributed by atoms with Gasteiger partial charge < -0.3 is 0 Å². The predicted molar refractivity (Wildman–Crippen MR) is 72.7 cm³/mol. The van der Waals surface area contributed by atoms with Crippen LogP contribution in [0.3, 0.4) is 0 Å². The van der Waals surface area contributed by atoms with Crippen molar-refractivity contribution in [2.45, 2.75) is 12.8 Å². The summed E-state index contributed by atoms with van der Waals surface area (Å²) in [5, 5.41) is 14.5. The Labute approximate surface area is 111 Å². The Morgan fingerprint density at radius 2 is 1.58 bits per heavy atom. The lowest BCUT2D eigenvalue weighted by atomic mass is 9.90. The molecule has 1 aromatic heterocycles. The average molecular weight is 250 g/mol. The molecule has 0 fully saturated rings. The number of H-pyrrole nitrogens is 1. The van der Waals surface area contributed by atoms with Crippen LogP contribution in [-0.2, 0) is 0 Å². The summed E-state index contributed by atoms with van der Waals surface area (Å²) in [6.45, 7) is 2.08. The molecule has 0 bridgehead atoms. The second-order valence-electron chi connectivity index (χ2n) is 4.52. The number of tetrazole rings is 1. The highest BCUT2D eigenvalue weighted by Gasteiger charge is 2.20. The Bertz CT molecular complexity index is 630. The average Bonchev–Trinajstić information content (AvgIpc) is 2.96. The topological polar surface area (TPSA) is 54.5 Å². The number of nitrogens with zero attached hydrogens (tertiary/aromatic N) is 3. The number of rotatable bonds is 3. The van der Waals surface area contributed by atoms with Crippen molar-refractivity contribution in [3.05, 3.63) is 77.1 Å². The molecule has 0 aliphatic heterocycles. The summed E-state index contributed by atoms with van der Waals surface area (Å²) in [6.07, 6.45) is 0. The molecule has 94 valence electrons. The van der Waals surface area contributed by atoms with Crippen molar-refractivity contribution in [3.63, 3.8) is 0 Å². The van der Waals surface area contributed by atoms with Crippen molar-refractivity contribution in [2.75, 3.05) is 0 Å². The minimum absolute atomic E-state index is 0.0144. The molecule has 0 saturated carbocycles. The zero-order valence-electron chi connectivity index (χ0n) is 10.6. The first-order valence-corrected chi connectivity index (χ1v) is 6.19. The number of hydrogen-bond acceptors (Lipinski definition) is 3. The van der Waals surface area contributed by atoms with Crippen molar-refractivity contribution in [1.29, 1.82) is 0 Å². The second kappa shape index (κ2) is 5.02. The first-order chi connectivity index (χ1) is 9.34. The van der Waals surface area contributed by atoms with Gasteiger partial charge in [-0.1, -0.05) is 65.4 Å². The van der Waals surface area contributed by atoms with E-state index in [0.29, 0.717) is 5.82 Å². The van der Waals surface area contributed by atoms with Crippen molar-refractivity contribution >= 4 is 0 Å². The molecule has 19 heavy (non-hydrogen) atoms. The number of benzene rings is 2. The van der Waals surface area contributed by atoms with Crippen molar-refractivity contribution in [1.82, 2.24) is 20.6 Å². The number of nitrogens with one attached hydrogen (secondary N) is 1.